The molecular weight excluding hydrogens is 308 g/mol. The van der Waals surface area contributed by atoms with Crippen LogP contribution in [0.15, 0.2) is 36.4 Å². The van der Waals surface area contributed by atoms with Crippen LogP contribution in [-0.4, -0.2) is 25.5 Å². The van der Waals surface area contributed by atoms with E-state index in [0.29, 0.717) is 11.4 Å². The van der Waals surface area contributed by atoms with Gasteiger partial charge in [-0.15, -0.1) is 0 Å². The second kappa shape index (κ2) is 7.50. The molecule has 0 aliphatic carbocycles. The molecule has 126 valence electrons. The lowest BCUT2D eigenvalue weighted by Gasteiger charge is -2.13. The molecule has 0 radical (unpaired) electrons. The van der Waals surface area contributed by atoms with Gasteiger partial charge >= 0.3 is 0 Å². The molecule has 2 rings (SSSR count). The first-order chi connectivity index (χ1) is 11.4. The Labute approximate surface area is 140 Å². The third-order valence-corrected chi connectivity index (χ3v) is 3.39. The number of amides is 2. The minimum atomic E-state index is -0.606. The van der Waals surface area contributed by atoms with Crippen LogP contribution in [0.25, 0.3) is 0 Å². The fraction of sp³-hybridized carbons (Fsp3) is 0.222. The first-order valence-electron chi connectivity index (χ1n) is 7.38. The predicted octanol–water partition coefficient (Wildman–Crippen LogP) is 2.43. The van der Waals surface area contributed by atoms with Gasteiger partial charge in [-0.3, -0.25) is 9.59 Å². The average Bonchev–Trinajstić information content (AvgIpc) is 2.53. The average molecular weight is 328 g/mol. The van der Waals surface area contributed by atoms with Crippen molar-refractivity contribution in [1.29, 1.82) is 0 Å². The summed E-state index contributed by atoms with van der Waals surface area (Å²) >= 11 is 0. The zero-order valence-corrected chi connectivity index (χ0v) is 13.9. The van der Waals surface area contributed by atoms with Crippen molar-refractivity contribution in [2.24, 2.45) is 5.73 Å². The summed E-state index contributed by atoms with van der Waals surface area (Å²) in [6.45, 7) is 3.52. The number of nitrogens with one attached hydrogen (secondary N) is 1. The number of benzene rings is 2. The molecule has 0 bridgehead atoms. The van der Waals surface area contributed by atoms with Crippen LogP contribution in [0.5, 0.6) is 11.5 Å². The van der Waals surface area contributed by atoms with Gasteiger partial charge in [-0.2, -0.15) is 0 Å². The van der Waals surface area contributed by atoms with Crippen molar-refractivity contribution in [3.63, 3.8) is 0 Å². The van der Waals surface area contributed by atoms with Gasteiger partial charge in [0.25, 0.3) is 11.8 Å². The molecule has 0 fully saturated rings. The number of hydrogen-bond acceptors (Lipinski definition) is 4. The zero-order valence-electron chi connectivity index (χ0n) is 13.9. The summed E-state index contributed by atoms with van der Waals surface area (Å²) in [5, 5.41) is 2.73. The summed E-state index contributed by atoms with van der Waals surface area (Å²) in [6.07, 6.45) is 0. The van der Waals surface area contributed by atoms with Crippen LogP contribution >= 0.6 is 0 Å². The van der Waals surface area contributed by atoms with Crippen LogP contribution in [-0.2, 0) is 4.79 Å². The summed E-state index contributed by atoms with van der Waals surface area (Å²) in [5.41, 5.74) is 8.00. The van der Waals surface area contributed by atoms with Crippen LogP contribution in [0.3, 0.4) is 0 Å². The Kier molecular flexibility index (Phi) is 5.42. The molecule has 0 spiro atoms. The summed E-state index contributed by atoms with van der Waals surface area (Å²) in [6, 6.07) is 10.5. The number of carbonyl (C=O) groups is 2. The Morgan fingerprint density at radius 1 is 1.04 bits per heavy atom. The first-order valence-corrected chi connectivity index (χ1v) is 7.38. The van der Waals surface area contributed by atoms with E-state index in [1.165, 1.54) is 7.11 Å². The molecule has 6 heteroatoms. The zero-order chi connectivity index (χ0) is 17.7. The maximum absolute atomic E-state index is 12.1. The Bertz CT molecular complexity index is 772. The van der Waals surface area contributed by atoms with Crippen LogP contribution in [0, 0.1) is 13.8 Å². The highest BCUT2D eigenvalue weighted by atomic mass is 16.5. The molecule has 3 N–H and O–H groups in total. The number of rotatable bonds is 6. The van der Waals surface area contributed by atoms with Crippen LogP contribution in [0.2, 0.25) is 0 Å². The monoisotopic (exact) mass is 328 g/mol. The lowest BCUT2D eigenvalue weighted by molar-refractivity contribution is -0.118. The van der Waals surface area contributed by atoms with E-state index in [1.807, 2.05) is 19.9 Å². The lowest BCUT2D eigenvalue weighted by atomic mass is 10.1. The molecule has 24 heavy (non-hydrogen) atoms. The smallest absolute Gasteiger partial charge is 0.262 e. The van der Waals surface area contributed by atoms with Crippen molar-refractivity contribution in [2.75, 3.05) is 19.0 Å². The molecule has 0 heterocycles. The molecule has 2 amide bonds. The molecule has 0 aliphatic heterocycles. The number of nitrogens with two attached hydrogens (primary N) is 1. The lowest BCUT2D eigenvalue weighted by Crippen LogP contribution is -2.22. The van der Waals surface area contributed by atoms with E-state index in [-0.39, 0.29) is 23.8 Å². The molecule has 0 atom stereocenters. The molecule has 0 saturated heterocycles. The largest absolute Gasteiger partial charge is 0.495 e. The molecule has 6 nitrogen and oxygen atoms in total. The fourth-order valence-electron chi connectivity index (χ4n) is 2.20. The van der Waals surface area contributed by atoms with Crippen molar-refractivity contribution in [3.8, 4) is 11.5 Å². The van der Waals surface area contributed by atoms with Crippen LogP contribution in [0.4, 0.5) is 5.69 Å². The highest BCUT2D eigenvalue weighted by Gasteiger charge is 2.13. The Hall–Kier alpha value is -3.02. The maximum atomic E-state index is 12.1. The quantitative estimate of drug-likeness (QED) is 0.852. The van der Waals surface area contributed by atoms with Gasteiger partial charge in [-0.25, -0.2) is 0 Å². The molecular formula is C18H20N2O4. The number of ether oxygens (including phenoxy) is 2. The Morgan fingerprint density at radius 2 is 1.71 bits per heavy atom. The SMILES string of the molecule is COc1ccc(C)cc1NC(=O)COc1cc(C)ccc1C(N)=O. The van der Waals surface area contributed by atoms with Crippen molar-refractivity contribution < 1.29 is 19.1 Å². The number of carbonyl (C=O) groups excluding carboxylic acids is 2. The van der Waals surface area contributed by atoms with Gasteiger partial charge in [0, 0.05) is 0 Å². The van der Waals surface area contributed by atoms with E-state index >= 15 is 0 Å². The minimum absolute atomic E-state index is 0.238. The van der Waals surface area contributed by atoms with Crippen molar-refractivity contribution >= 4 is 17.5 Å². The van der Waals surface area contributed by atoms with Gasteiger partial charge in [0.1, 0.15) is 11.5 Å². The number of methoxy groups -OCH3 is 1. The topological polar surface area (TPSA) is 90.7 Å². The van der Waals surface area contributed by atoms with E-state index in [2.05, 4.69) is 5.32 Å². The van der Waals surface area contributed by atoms with E-state index in [9.17, 15) is 9.59 Å². The highest BCUT2D eigenvalue weighted by molar-refractivity contribution is 5.96. The number of hydrogen-bond donors (Lipinski definition) is 2. The second-order valence-corrected chi connectivity index (χ2v) is 5.40. The molecule has 0 aromatic heterocycles. The van der Waals surface area contributed by atoms with E-state index in [0.717, 1.165) is 11.1 Å². The van der Waals surface area contributed by atoms with Gasteiger partial charge in [0.05, 0.1) is 18.4 Å². The third-order valence-electron chi connectivity index (χ3n) is 3.39. The second-order valence-electron chi connectivity index (χ2n) is 5.40. The van der Waals surface area contributed by atoms with Gasteiger partial charge in [0.15, 0.2) is 6.61 Å². The predicted molar refractivity (Wildman–Crippen MR) is 91.6 cm³/mol. The van der Waals surface area contributed by atoms with Gasteiger partial charge in [-0.1, -0.05) is 12.1 Å². The highest BCUT2D eigenvalue weighted by Crippen LogP contribution is 2.25. The van der Waals surface area contributed by atoms with E-state index < -0.39 is 5.91 Å². The normalized spacial score (nSPS) is 10.1. The maximum Gasteiger partial charge on any atom is 0.262 e. The summed E-state index contributed by atoms with van der Waals surface area (Å²) < 4.78 is 10.7. The molecule has 0 unspecified atom stereocenters. The van der Waals surface area contributed by atoms with Gasteiger partial charge in [-0.05, 0) is 49.2 Å². The number of primary amides is 1. The molecule has 0 saturated carbocycles. The summed E-state index contributed by atoms with van der Waals surface area (Å²) in [4.78, 5) is 23.5. The minimum Gasteiger partial charge on any atom is -0.495 e. The van der Waals surface area contributed by atoms with Gasteiger partial charge in [0.2, 0.25) is 0 Å². The molecule has 2 aromatic rings. The fourth-order valence-corrected chi connectivity index (χ4v) is 2.20. The van der Waals surface area contributed by atoms with Crippen molar-refractivity contribution in [2.45, 2.75) is 13.8 Å². The third kappa shape index (κ3) is 4.25. The molecule has 2 aromatic carbocycles. The number of aryl methyl sites for hydroxylation is 2. The first kappa shape index (κ1) is 17.3. The van der Waals surface area contributed by atoms with E-state index in [4.69, 9.17) is 15.2 Å². The Morgan fingerprint density at radius 3 is 2.38 bits per heavy atom. The van der Waals surface area contributed by atoms with Crippen LogP contribution < -0.4 is 20.5 Å². The summed E-state index contributed by atoms with van der Waals surface area (Å²) in [7, 11) is 1.53. The van der Waals surface area contributed by atoms with Gasteiger partial charge < -0.3 is 20.5 Å². The Balaban J connectivity index is 2.08. The molecule has 0 aliphatic rings. The standard InChI is InChI=1S/C18H20N2O4/c1-11-5-7-15(23-3)14(8-11)20-17(21)10-24-16-9-12(2)4-6-13(16)18(19)22/h4-9H,10H2,1-3H3,(H2,19,22)(H,20,21). The van der Waals surface area contributed by atoms with Crippen LogP contribution in [0.1, 0.15) is 21.5 Å². The van der Waals surface area contributed by atoms with Crippen molar-refractivity contribution in [1.82, 2.24) is 0 Å². The summed E-state index contributed by atoms with van der Waals surface area (Å²) in [5.74, 6) is -0.127. The van der Waals surface area contributed by atoms with E-state index in [1.54, 1.807) is 30.3 Å². The number of anilines is 1. The van der Waals surface area contributed by atoms with Crippen molar-refractivity contribution in [3.05, 3.63) is 53.1 Å².